The molecular formula is C11H17N5O4. The number of hydroxylamine groups is 1. The Bertz CT molecular complexity index is 462. The predicted octanol–water partition coefficient (Wildman–Crippen LogP) is 0.450. The fourth-order valence-electron chi connectivity index (χ4n) is 1.32. The summed E-state index contributed by atoms with van der Waals surface area (Å²) in [6.45, 7) is 1.29. The summed E-state index contributed by atoms with van der Waals surface area (Å²) in [5.74, 6) is 0.0168. The molecule has 0 fully saturated rings. The molecule has 3 N–H and O–H groups in total. The minimum atomic E-state index is -1.04. The zero-order chi connectivity index (χ0) is 15.1. The largest absolute Gasteiger partial charge is 0.492 e. The average Bonchev–Trinajstić information content (AvgIpc) is 2.36. The molecule has 1 rings (SSSR count). The predicted molar refractivity (Wildman–Crippen MR) is 73.0 cm³/mol. The minimum Gasteiger partial charge on any atom is -0.492 e. The van der Waals surface area contributed by atoms with E-state index in [1.807, 2.05) is 19.0 Å². The Balaban J connectivity index is 2.68. The Morgan fingerprint density at radius 3 is 2.45 bits per heavy atom. The fourth-order valence-corrected chi connectivity index (χ4v) is 1.32. The number of anilines is 1. The molecule has 0 bridgehead atoms. The number of rotatable bonds is 7. The molecule has 20 heavy (non-hydrogen) atoms. The standard InChI is InChI=1S/C11H17N5O4/c1-14(2)7-8-19-10-5-3-9(4-6-10)15(11(12)13)20-16(17)18/h3-6H,7-8H2,1-2H3,(H3,12,13). The van der Waals surface area contributed by atoms with Gasteiger partial charge in [0.25, 0.3) is 0 Å². The molecular weight excluding hydrogens is 266 g/mol. The first-order valence-electron chi connectivity index (χ1n) is 5.74. The van der Waals surface area contributed by atoms with E-state index < -0.39 is 11.0 Å². The Kier molecular flexibility index (Phi) is 5.54. The summed E-state index contributed by atoms with van der Waals surface area (Å²) in [7, 11) is 3.87. The highest BCUT2D eigenvalue weighted by atomic mass is 17.0. The Labute approximate surface area is 116 Å². The maximum absolute atomic E-state index is 10.3. The van der Waals surface area contributed by atoms with E-state index in [1.165, 1.54) is 12.1 Å². The first-order valence-corrected chi connectivity index (χ1v) is 5.74. The number of ether oxygens (including phenoxy) is 1. The van der Waals surface area contributed by atoms with Crippen LogP contribution in [0.5, 0.6) is 5.75 Å². The number of nitrogens with two attached hydrogens (primary N) is 1. The number of benzene rings is 1. The summed E-state index contributed by atoms with van der Waals surface area (Å²) in [5.41, 5.74) is 5.47. The molecule has 0 radical (unpaired) electrons. The van der Waals surface area contributed by atoms with Crippen LogP contribution in [0.2, 0.25) is 0 Å². The number of hydrogen-bond acceptors (Lipinski definition) is 6. The SMILES string of the molecule is CN(C)CCOc1ccc(N(O[N+](=O)[O-])C(=N)N)cc1. The van der Waals surface area contributed by atoms with Crippen molar-refractivity contribution < 1.29 is 14.8 Å². The van der Waals surface area contributed by atoms with E-state index in [0.29, 0.717) is 17.4 Å². The fraction of sp³-hybridized carbons (Fsp3) is 0.364. The van der Waals surface area contributed by atoms with Crippen molar-refractivity contribution in [2.75, 3.05) is 32.3 Å². The number of nitrogens with one attached hydrogen (secondary N) is 1. The lowest BCUT2D eigenvalue weighted by Crippen LogP contribution is -2.38. The second kappa shape index (κ2) is 7.14. The number of hydrogen-bond donors (Lipinski definition) is 2. The summed E-state index contributed by atoms with van der Waals surface area (Å²) in [6.07, 6.45) is 0. The molecule has 9 heteroatoms. The lowest BCUT2D eigenvalue weighted by atomic mass is 10.3. The molecule has 1 aromatic carbocycles. The van der Waals surface area contributed by atoms with Gasteiger partial charge < -0.3 is 15.4 Å². The van der Waals surface area contributed by atoms with Crippen molar-refractivity contribution >= 4 is 11.6 Å². The number of nitrogens with zero attached hydrogens (tertiary/aromatic N) is 3. The van der Waals surface area contributed by atoms with E-state index in [0.717, 1.165) is 6.54 Å². The van der Waals surface area contributed by atoms with Gasteiger partial charge in [-0.15, -0.1) is 15.2 Å². The first kappa shape index (κ1) is 15.5. The van der Waals surface area contributed by atoms with Crippen molar-refractivity contribution in [3.05, 3.63) is 34.4 Å². The monoisotopic (exact) mass is 283 g/mol. The van der Waals surface area contributed by atoms with Crippen molar-refractivity contribution in [2.24, 2.45) is 5.73 Å². The van der Waals surface area contributed by atoms with E-state index in [1.54, 1.807) is 12.1 Å². The molecule has 9 nitrogen and oxygen atoms in total. The van der Waals surface area contributed by atoms with Crippen LogP contribution in [0.15, 0.2) is 24.3 Å². The molecule has 0 saturated carbocycles. The van der Waals surface area contributed by atoms with Gasteiger partial charge in [-0.2, -0.15) is 4.94 Å². The van der Waals surface area contributed by atoms with E-state index in [9.17, 15) is 10.1 Å². The van der Waals surface area contributed by atoms with E-state index in [2.05, 4.69) is 4.94 Å². The third-order valence-corrected chi connectivity index (χ3v) is 2.25. The normalized spacial score (nSPS) is 10.2. The lowest BCUT2D eigenvalue weighted by molar-refractivity contribution is -0.758. The highest BCUT2D eigenvalue weighted by Crippen LogP contribution is 2.19. The average molecular weight is 283 g/mol. The summed E-state index contributed by atoms with van der Waals surface area (Å²) in [6, 6.07) is 6.25. The molecule has 0 spiro atoms. The van der Waals surface area contributed by atoms with Gasteiger partial charge in [-0.05, 0) is 38.4 Å². The van der Waals surface area contributed by atoms with Gasteiger partial charge in [0.2, 0.25) is 5.96 Å². The third kappa shape index (κ3) is 4.98. The van der Waals surface area contributed by atoms with Gasteiger partial charge in [0.05, 0.1) is 5.69 Å². The van der Waals surface area contributed by atoms with E-state index in [-0.39, 0.29) is 5.69 Å². The summed E-state index contributed by atoms with van der Waals surface area (Å²) < 4.78 is 5.47. The molecule has 0 aliphatic carbocycles. The van der Waals surface area contributed by atoms with Crippen LogP contribution in [0, 0.1) is 15.5 Å². The van der Waals surface area contributed by atoms with Gasteiger partial charge in [0.15, 0.2) is 0 Å². The highest BCUT2D eigenvalue weighted by molar-refractivity contribution is 5.90. The molecule has 0 unspecified atom stereocenters. The molecule has 0 amide bonds. The van der Waals surface area contributed by atoms with Crippen LogP contribution in [-0.2, 0) is 4.94 Å². The maximum atomic E-state index is 10.3. The topological polar surface area (TPSA) is 118 Å². The lowest BCUT2D eigenvalue weighted by Gasteiger charge is -2.18. The quantitative estimate of drug-likeness (QED) is 0.323. The minimum absolute atomic E-state index is 0.258. The van der Waals surface area contributed by atoms with Crippen molar-refractivity contribution in [3.8, 4) is 5.75 Å². The maximum Gasteiger partial charge on any atom is 0.317 e. The molecule has 0 saturated heterocycles. The van der Waals surface area contributed by atoms with Gasteiger partial charge in [0, 0.05) is 6.54 Å². The van der Waals surface area contributed by atoms with Gasteiger partial charge in [-0.3, -0.25) is 5.41 Å². The van der Waals surface area contributed by atoms with Gasteiger partial charge >= 0.3 is 5.09 Å². The van der Waals surface area contributed by atoms with Gasteiger partial charge in [-0.1, -0.05) is 0 Å². The van der Waals surface area contributed by atoms with Crippen molar-refractivity contribution in [1.29, 1.82) is 5.41 Å². The Morgan fingerprint density at radius 2 is 2.00 bits per heavy atom. The van der Waals surface area contributed by atoms with Crippen LogP contribution in [0.3, 0.4) is 0 Å². The van der Waals surface area contributed by atoms with Crippen molar-refractivity contribution in [2.45, 2.75) is 0 Å². The molecule has 0 heterocycles. The van der Waals surface area contributed by atoms with Crippen LogP contribution in [0.25, 0.3) is 0 Å². The molecule has 1 aromatic rings. The van der Waals surface area contributed by atoms with Gasteiger partial charge in [0.1, 0.15) is 12.4 Å². The third-order valence-electron chi connectivity index (χ3n) is 2.25. The molecule has 0 atom stereocenters. The number of guanidine groups is 1. The first-order chi connectivity index (χ1) is 9.40. The molecule has 0 aliphatic rings. The van der Waals surface area contributed by atoms with Gasteiger partial charge in [-0.25, -0.2) is 0 Å². The summed E-state index contributed by atoms with van der Waals surface area (Å²) in [4.78, 5) is 16.5. The van der Waals surface area contributed by atoms with Crippen molar-refractivity contribution in [3.63, 3.8) is 0 Å². The van der Waals surface area contributed by atoms with Crippen molar-refractivity contribution in [1.82, 2.24) is 4.90 Å². The zero-order valence-electron chi connectivity index (χ0n) is 11.3. The number of likely N-dealkylation sites (N-methyl/N-ethyl adjacent to an activating group) is 1. The second-order valence-corrected chi connectivity index (χ2v) is 4.13. The van der Waals surface area contributed by atoms with E-state index >= 15 is 0 Å². The summed E-state index contributed by atoms with van der Waals surface area (Å²) in [5, 5.41) is 17.1. The summed E-state index contributed by atoms with van der Waals surface area (Å²) >= 11 is 0. The smallest absolute Gasteiger partial charge is 0.317 e. The Hall–Kier alpha value is -2.55. The van der Waals surface area contributed by atoms with Crippen LogP contribution in [0.1, 0.15) is 0 Å². The second-order valence-electron chi connectivity index (χ2n) is 4.13. The van der Waals surface area contributed by atoms with Crippen LogP contribution in [-0.4, -0.2) is 43.2 Å². The van der Waals surface area contributed by atoms with Crippen LogP contribution >= 0.6 is 0 Å². The van der Waals surface area contributed by atoms with E-state index in [4.69, 9.17) is 15.9 Å². The Morgan fingerprint density at radius 1 is 1.40 bits per heavy atom. The van der Waals surface area contributed by atoms with Crippen LogP contribution < -0.4 is 15.5 Å². The van der Waals surface area contributed by atoms with Crippen LogP contribution in [0.4, 0.5) is 5.69 Å². The molecule has 0 aromatic heterocycles. The molecule has 110 valence electrons. The zero-order valence-corrected chi connectivity index (χ0v) is 11.3. The highest BCUT2D eigenvalue weighted by Gasteiger charge is 2.14. The molecule has 0 aliphatic heterocycles.